The summed E-state index contributed by atoms with van der Waals surface area (Å²) in [5.74, 6) is -0.310. The second-order valence-electron chi connectivity index (χ2n) is 4.86. The molecule has 1 aliphatic heterocycles. The highest BCUT2D eigenvalue weighted by molar-refractivity contribution is 5.93. The van der Waals surface area contributed by atoms with Crippen molar-refractivity contribution in [1.82, 2.24) is 9.88 Å². The van der Waals surface area contributed by atoms with Crippen LogP contribution in [0.3, 0.4) is 0 Å². The highest BCUT2D eigenvalue weighted by atomic mass is 16.4. The molecule has 1 aromatic rings. The van der Waals surface area contributed by atoms with Crippen LogP contribution in [-0.4, -0.2) is 54.2 Å². The normalized spacial score (nSPS) is 17.2. The lowest BCUT2D eigenvalue weighted by Crippen LogP contribution is -2.42. The summed E-state index contributed by atoms with van der Waals surface area (Å²) in [6, 6.07) is 3.86. The fourth-order valence-electron chi connectivity index (χ4n) is 2.41. The van der Waals surface area contributed by atoms with E-state index in [0.717, 1.165) is 25.9 Å². The number of hydrogen-bond donors (Lipinski definition) is 1. The molecule has 1 fully saturated rings. The number of aromatic nitrogens is 1. The Morgan fingerprint density at radius 1 is 1.44 bits per heavy atom. The molecule has 2 rings (SSSR count). The molecule has 0 saturated carbocycles. The predicted octanol–water partition coefficient (Wildman–Crippen LogP) is 1.31. The fourth-order valence-corrected chi connectivity index (χ4v) is 2.41. The molecular weight excluding hydrogens is 230 g/mol. The van der Waals surface area contributed by atoms with Crippen LogP contribution in [0, 0.1) is 0 Å². The molecule has 0 aliphatic carbocycles. The van der Waals surface area contributed by atoms with Gasteiger partial charge in [0.2, 0.25) is 0 Å². The van der Waals surface area contributed by atoms with Gasteiger partial charge in [-0.2, -0.15) is 0 Å². The molecule has 1 N–H and O–H groups in total. The summed E-state index contributed by atoms with van der Waals surface area (Å²) in [6.45, 7) is 1.72. The van der Waals surface area contributed by atoms with Crippen LogP contribution >= 0.6 is 0 Å². The minimum absolute atomic E-state index is 0.292. The van der Waals surface area contributed by atoms with Crippen LogP contribution in [-0.2, 0) is 0 Å². The lowest BCUT2D eigenvalue weighted by Gasteiger charge is -2.36. The number of aromatic carboxylic acids is 1. The van der Waals surface area contributed by atoms with E-state index in [1.54, 1.807) is 18.3 Å². The molecule has 18 heavy (non-hydrogen) atoms. The average Bonchev–Trinajstić information content (AvgIpc) is 2.39. The molecule has 1 aliphatic rings. The van der Waals surface area contributed by atoms with E-state index >= 15 is 0 Å². The van der Waals surface area contributed by atoms with Gasteiger partial charge in [-0.05, 0) is 39.1 Å². The summed E-state index contributed by atoms with van der Waals surface area (Å²) in [5, 5.41) is 9.16. The van der Waals surface area contributed by atoms with Gasteiger partial charge in [-0.3, -0.25) is 0 Å². The van der Waals surface area contributed by atoms with Gasteiger partial charge >= 0.3 is 5.97 Å². The third-order valence-electron chi connectivity index (χ3n) is 3.51. The Hall–Kier alpha value is -1.62. The topological polar surface area (TPSA) is 56.7 Å². The van der Waals surface area contributed by atoms with Crippen molar-refractivity contribution in [2.45, 2.75) is 18.9 Å². The SMILES string of the molecule is CN(C)C1CCN(c2ncccc2C(=O)O)CC1. The zero-order valence-corrected chi connectivity index (χ0v) is 10.8. The molecule has 0 atom stereocenters. The Balaban J connectivity index is 2.12. The number of anilines is 1. The van der Waals surface area contributed by atoms with E-state index in [9.17, 15) is 4.79 Å². The number of pyridine rings is 1. The smallest absolute Gasteiger partial charge is 0.339 e. The number of rotatable bonds is 3. The Morgan fingerprint density at radius 2 is 2.11 bits per heavy atom. The van der Waals surface area contributed by atoms with Crippen molar-refractivity contribution in [3.8, 4) is 0 Å². The van der Waals surface area contributed by atoms with Crippen molar-refractivity contribution in [2.75, 3.05) is 32.1 Å². The first kappa shape index (κ1) is 12.8. The molecule has 0 unspecified atom stereocenters. The molecule has 5 heteroatoms. The summed E-state index contributed by atoms with van der Waals surface area (Å²) in [4.78, 5) is 19.7. The minimum atomic E-state index is -0.909. The fraction of sp³-hybridized carbons (Fsp3) is 0.538. The third kappa shape index (κ3) is 2.61. The summed E-state index contributed by atoms with van der Waals surface area (Å²) < 4.78 is 0. The number of piperidine rings is 1. The van der Waals surface area contributed by atoms with Crippen LogP contribution in [0.15, 0.2) is 18.3 Å². The van der Waals surface area contributed by atoms with Crippen molar-refractivity contribution >= 4 is 11.8 Å². The van der Waals surface area contributed by atoms with Crippen molar-refractivity contribution in [3.63, 3.8) is 0 Å². The first-order valence-corrected chi connectivity index (χ1v) is 6.19. The van der Waals surface area contributed by atoms with Gasteiger partial charge in [-0.15, -0.1) is 0 Å². The molecule has 5 nitrogen and oxygen atoms in total. The van der Waals surface area contributed by atoms with Crippen LogP contribution < -0.4 is 4.90 Å². The van der Waals surface area contributed by atoms with Gasteiger partial charge in [-0.1, -0.05) is 0 Å². The summed E-state index contributed by atoms with van der Waals surface area (Å²) in [5.41, 5.74) is 0.292. The summed E-state index contributed by atoms with van der Waals surface area (Å²) in [6.07, 6.45) is 3.74. The van der Waals surface area contributed by atoms with E-state index in [1.807, 2.05) is 0 Å². The van der Waals surface area contributed by atoms with Gasteiger partial charge in [0, 0.05) is 25.3 Å². The molecule has 0 spiro atoms. The highest BCUT2D eigenvalue weighted by Gasteiger charge is 2.24. The molecule has 0 radical (unpaired) electrons. The van der Waals surface area contributed by atoms with Gasteiger partial charge in [0.15, 0.2) is 0 Å². The van der Waals surface area contributed by atoms with Gasteiger partial charge in [-0.25, -0.2) is 9.78 Å². The van der Waals surface area contributed by atoms with E-state index < -0.39 is 5.97 Å². The standard InChI is InChI=1S/C13H19N3O2/c1-15(2)10-5-8-16(9-6-10)12-11(13(17)18)4-3-7-14-12/h3-4,7,10H,5-6,8-9H2,1-2H3,(H,17,18). The molecular formula is C13H19N3O2. The maximum atomic E-state index is 11.2. The molecule has 98 valence electrons. The third-order valence-corrected chi connectivity index (χ3v) is 3.51. The second kappa shape index (κ2) is 5.35. The van der Waals surface area contributed by atoms with Gasteiger partial charge in [0.1, 0.15) is 11.4 Å². The van der Waals surface area contributed by atoms with E-state index in [1.165, 1.54) is 0 Å². The largest absolute Gasteiger partial charge is 0.478 e. The Kier molecular flexibility index (Phi) is 3.81. The molecule has 1 saturated heterocycles. The number of nitrogens with zero attached hydrogens (tertiary/aromatic N) is 3. The van der Waals surface area contributed by atoms with Crippen LogP contribution in [0.5, 0.6) is 0 Å². The van der Waals surface area contributed by atoms with Crippen LogP contribution in [0.4, 0.5) is 5.82 Å². The quantitative estimate of drug-likeness (QED) is 0.875. The molecule has 1 aromatic heterocycles. The Bertz CT molecular complexity index is 426. The van der Waals surface area contributed by atoms with Crippen molar-refractivity contribution < 1.29 is 9.90 Å². The van der Waals surface area contributed by atoms with Crippen LogP contribution in [0.25, 0.3) is 0 Å². The zero-order valence-electron chi connectivity index (χ0n) is 10.8. The highest BCUT2D eigenvalue weighted by Crippen LogP contribution is 2.23. The van der Waals surface area contributed by atoms with E-state index in [2.05, 4.69) is 28.9 Å². The van der Waals surface area contributed by atoms with Crippen molar-refractivity contribution in [1.29, 1.82) is 0 Å². The average molecular weight is 249 g/mol. The summed E-state index contributed by atoms with van der Waals surface area (Å²) in [7, 11) is 4.17. The Morgan fingerprint density at radius 3 is 2.67 bits per heavy atom. The van der Waals surface area contributed by atoms with Gasteiger partial charge < -0.3 is 14.9 Å². The lowest BCUT2D eigenvalue weighted by atomic mass is 10.0. The maximum absolute atomic E-state index is 11.2. The number of hydrogen-bond acceptors (Lipinski definition) is 4. The van der Waals surface area contributed by atoms with E-state index in [-0.39, 0.29) is 0 Å². The number of carbonyl (C=O) groups is 1. The monoisotopic (exact) mass is 249 g/mol. The second-order valence-corrected chi connectivity index (χ2v) is 4.86. The molecule has 0 bridgehead atoms. The van der Waals surface area contributed by atoms with Crippen LogP contribution in [0.1, 0.15) is 23.2 Å². The first-order valence-electron chi connectivity index (χ1n) is 6.19. The summed E-state index contributed by atoms with van der Waals surface area (Å²) >= 11 is 0. The minimum Gasteiger partial charge on any atom is -0.478 e. The van der Waals surface area contributed by atoms with Crippen molar-refractivity contribution in [2.24, 2.45) is 0 Å². The number of carboxylic acid groups (broad SMARTS) is 1. The van der Waals surface area contributed by atoms with E-state index in [4.69, 9.17) is 5.11 Å². The molecule has 2 heterocycles. The van der Waals surface area contributed by atoms with Crippen LogP contribution in [0.2, 0.25) is 0 Å². The van der Waals surface area contributed by atoms with E-state index in [0.29, 0.717) is 17.4 Å². The first-order chi connectivity index (χ1) is 8.59. The maximum Gasteiger partial charge on any atom is 0.339 e. The Labute approximate surface area is 107 Å². The number of carboxylic acids is 1. The van der Waals surface area contributed by atoms with Crippen molar-refractivity contribution in [3.05, 3.63) is 23.9 Å². The molecule has 0 aromatic carbocycles. The van der Waals surface area contributed by atoms with Gasteiger partial charge in [0.05, 0.1) is 0 Å². The van der Waals surface area contributed by atoms with Gasteiger partial charge in [0.25, 0.3) is 0 Å². The molecule has 0 amide bonds. The lowest BCUT2D eigenvalue weighted by molar-refractivity contribution is 0.0697. The zero-order chi connectivity index (χ0) is 13.1. The predicted molar refractivity (Wildman–Crippen MR) is 70.1 cm³/mol.